The first-order valence-corrected chi connectivity index (χ1v) is 10.3. The third-order valence-corrected chi connectivity index (χ3v) is 4.80. The van der Waals surface area contributed by atoms with Crippen molar-refractivity contribution >= 4 is 5.96 Å². The van der Waals surface area contributed by atoms with Crippen LogP contribution >= 0.6 is 0 Å². The Bertz CT molecular complexity index is 753. The lowest BCUT2D eigenvalue weighted by Gasteiger charge is -2.13. The molecule has 0 aliphatic rings. The van der Waals surface area contributed by atoms with Gasteiger partial charge in [-0.25, -0.2) is 0 Å². The average molecular weight is 402 g/mol. The SMILES string of the molecule is CCC(CC)c1cc(CNC(=NC)NCc2cccc(OCCN(C)C)c2)on1. The Labute approximate surface area is 174 Å². The molecule has 7 heteroatoms. The zero-order chi connectivity index (χ0) is 21.1. The fraction of sp³-hybridized carbons (Fsp3) is 0.545. The molecule has 1 heterocycles. The van der Waals surface area contributed by atoms with E-state index in [2.05, 4.69) is 45.6 Å². The Balaban J connectivity index is 1.82. The minimum atomic E-state index is 0.456. The molecule has 0 saturated carbocycles. The number of nitrogens with zero attached hydrogens (tertiary/aromatic N) is 3. The Morgan fingerprint density at radius 1 is 1.17 bits per heavy atom. The third-order valence-electron chi connectivity index (χ3n) is 4.80. The van der Waals surface area contributed by atoms with Crippen molar-refractivity contribution in [3.8, 4) is 5.75 Å². The molecule has 0 spiro atoms. The zero-order valence-corrected chi connectivity index (χ0v) is 18.4. The van der Waals surface area contributed by atoms with Gasteiger partial charge in [0.25, 0.3) is 0 Å². The van der Waals surface area contributed by atoms with Crippen molar-refractivity contribution in [1.29, 1.82) is 0 Å². The van der Waals surface area contributed by atoms with Crippen molar-refractivity contribution in [3.63, 3.8) is 0 Å². The highest BCUT2D eigenvalue weighted by atomic mass is 16.5. The number of aromatic nitrogens is 1. The van der Waals surface area contributed by atoms with E-state index in [1.807, 2.05) is 38.4 Å². The smallest absolute Gasteiger partial charge is 0.191 e. The van der Waals surface area contributed by atoms with Crippen LogP contribution in [0.3, 0.4) is 0 Å². The molecule has 0 aliphatic carbocycles. The second-order valence-corrected chi connectivity index (χ2v) is 7.31. The lowest BCUT2D eigenvalue weighted by atomic mass is 9.99. The van der Waals surface area contributed by atoms with Crippen LogP contribution in [-0.4, -0.2) is 50.3 Å². The number of aliphatic imine (C=N–C) groups is 1. The molecule has 2 aromatic rings. The molecule has 0 unspecified atom stereocenters. The lowest BCUT2D eigenvalue weighted by molar-refractivity contribution is 0.261. The summed E-state index contributed by atoms with van der Waals surface area (Å²) in [7, 11) is 5.83. The molecule has 7 nitrogen and oxygen atoms in total. The lowest BCUT2D eigenvalue weighted by Crippen LogP contribution is -2.36. The van der Waals surface area contributed by atoms with Gasteiger partial charge < -0.3 is 24.8 Å². The van der Waals surface area contributed by atoms with Crippen LogP contribution in [-0.2, 0) is 13.1 Å². The summed E-state index contributed by atoms with van der Waals surface area (Å²) in [5.74, 6) is 2.86. The summed E-state index contributed by atoms with van der Waals surface area (Å²) < 4.78 is 11.3. The monoisotopic (exact) mass is 401 g/mol. The Kier molecular flexibility index (Phi) is 9.50. The second kappa shape index (κ2) is 12.1. The van der Waals surface area contributed by atoms with Gasteiger partial charge in [0.1, 0.15) is 12.4 Å². The molecule has 1 aromatic heterocycles. The average Bonchev–Trinajstić information content (AvgIpc) is 3.18. The molecule has 0 aliphatic heterocycles. The predicted octanol–water partition coefficient (Wildman–Crippen LogP) is 3.38. The van der Waals surface area contributed by atoms with Crippen molar-refractivity contribution in [2.45, 2.75) is 45.7 Å². The molecule has 0 amide bonds. The van der Waals surface area contributed by atoms with Crippen molar-refractivity contribution in [1.82, 2.24) is 20.7 Å². The number of hydrogen-bond donors (Lipinski definition) is 2. The highest BCUT2D eigenvalue weighted by molar-refractivity contribution is 5.79. The topological polar surface area (TPSA) is 74.9 Å². The maximum atomic E-state index is 5.80. The number of benzene rings is 1. The fourth-order valence-electron chi connectivity index (χ4n) is 2.98. The highest BCUT2D eigenvalue weighted by Crippen LogP contribution is 2.22. The van der Waals surface area contributed by atoms with E-state index in [-0.39, 0.29) is 0 Å². The van der Waals surface area contributed by atoms with Crippen LogP contribution in [0.1, 0.15) is 49.6 Å². The minimum absolute atomic E-state index is 0.456. The first-order valence-electron chi connectivity index (χ1n) is 10.3. The van der Waals surface area contributed by atoms with Crippen LogP contribution in [0.2, 0.25) is 0 Å². The quantitative estimate of drug-likeness (QED) is 0.444. The van der Waals surface area contributed by atoms with Gasteiger partial charge in [-0.2, -0.15) is 0 Å². The molecular weight excluding hydrogens is 366 g/mol. The molecule has 0 fully saturated rings. The van der Waals surface area contributed by atoms with E-state index >= 15 is 0 Å². The van der Waals surface area contributed by atoms with Gasteiger partial charge >= 0.3 is 0 Å². The van der Waals surface area contributed by atoms with Gasteiger partial charge in [0.2, 0.25) is 0 Å². The largest absolute Gasteiger partial charge is 0.492 e. The van der Waals surface area contributed by atoms with E-state index < -0.39 is 0 Å². The molecule has 0 bridgehead atoms. The second-order valence-electron chi connectivity index (χ2n) is 7.31. The first kappa shape index (κ1) is 22.7. The standard InChI is InChI=1S/C22H35N5O2/c1-6-18(7-2)21-14-20(29-26-21)16-25-22(23-3)24-15-17-9-8-10-19(13-17)28-12-11-27(4)5/h8-10,13-14,18H,6-7,11-12,15-16H2,1-5H3,(H2,23,24,25). The third kappa shape index (κ3) is 7.77. The van der Waals surface area contributed by atoms with Crippen LogP contribution < -0.4 is 15.4 Å². The van der Waals surface area contributed by atoms with Gasteiger partial charge in [-0.15, -0.1) is 0 Å². The van der Waals surface area contributed by atoms with E-state index in [1.54, 1.807) is 7.05 Å². The van der Waals surface area contributed by atoms with Crippen LogP contribution in [0.4, 0.5) is 0 Å². The van der Waals surface area contributed by atoms with Crippen LogP contribution in [0, 0.1) is 0 Å². The maximum absolute atomic E-state index is 5.80. The zero-order valence-electron chi connectivity index (χ0n) is 18.4. The molecule has 2 N–H and O–H groups in total. The summed E-state index contributed by atoms with van der Waals surface area (Å²) in [6.07, 6.45) is 2.13. The van der Waals surface area contributed by atoms with E-state index in [1.165, 1.54) is 0 Å². The Hall–Kier alpha value is -2.54. The summed E-state index contributed by atoms with van der Waals surface area (Å²) in [4.78, 5) is 6.38. The van der Waals surface area contributed by atoms with Gasteiger partial charge in [-0.05, 0) is 44.6 Å². The number of rotatable bonds is 11. The minimum Gasteiger partial charge on any atom is -0.492 e. The first-order chi connectivity index (χ1) is 14.0. The predicted molar refractivity (Wildman–Crippen MR) is 117 cm³/mol. The number of nitrogens with one attached hydrogen (secondary N) is 2. The van der Waals surface area contributed by atoms with Crippen molar-refractivity contribution < 1.29 is 9.26 Å². The maximum Gasteiger partial charge on any atom is 0.191 e. The van der Waals surface area contributed by atoms with Crippen molar-refractivity contribution in [2.24, 2.45) is 4.99 Å². The summed E-state index contributed by atoms with van der Waals surface area (Å²) in [6.45, 7) is 7.10. The molecule has 160 valence electrons. The van der Waals surface area contributed by atoms with Crippen LogP contribution in [0.5, 0.6) is 5.75 Å². The molecule has 0 atom stereocenters. The highest BCUT2D eigenvalue weighted by Gasteiger charge is 2.13. The van der Waals surface area contributed by atoms with Gasteiger partial charge in [-0.1, -0.05) is 31.1 Å². The summed E-state index contributed by atoms with van der Waals surface area (Å²) in [5, 5.41) is 10.8. The van der Waals surface area contributed by atoms with Crippen molar-refractivity contribution in [2.75, 3.05) is 34.3 Å². The van der Waals surface area contributed by atoms with E-state index in [0.29, 0.717) is 31.6 Å². The summed E-state index contributed by atoms with van der Waals surface area (Å²) in [6, 6.07) is 10.1. The molecule has 1 aromatic carbocycles. The number of likely N-dealkylation sites (N-methyl/N-ethyl adjacent to an activating group) is 1. The summed E-state index contributed by atoms with van der Waals surface area (Å²) >= 11 is 0. The normalized spacial score (nSPS) is 11.9. The molecule has 0 saturated heterocycles. The molecule has 29 heavy (non-hydrogen) atoms. The van der Waals surface area contributed by atoms with Gasteiger partial charge in [0.05, 0.1) is 12.2 Å². The molecule has 2 rings (SSSR count). The van der Waals surface area contributed by atoms with E-state index in [4.69, 9.17) is 9.26 Å². The van der Waals surface area contributed by atoms with E-state index in [9.17, 15) is 0 Å². The van der Waals surface area contributed by atoms with Crippen molar-refractivity contribution in [3.05, 3.63) is 47.3 Å². The Morgan fingerprint density at radius 3 is 2.62 bits per heavy atom. The van der Waals surface area contributed by atoms with Crippen LogP contribution in [0.15, 0.2) is 39.8 Å². The molecule has 0 radical (unpaired) electrons. The number of ether oxygens (including phenoxy) is 1. The number of hydrogen-bond acceptors (Lipinski definition) is 5. The fourth-order valence-corrected chi connectivity index (χ4v) is 2.98. The number of guanidine groups is 1. The Morgan fingerprint density at radius 2 is 1.93 bits per heavy atom. The van der Waals surface area contributed by atoms with Gasteiger partial charge in [0, 0.05) is 32.1 Å². The van der Waals surface area contributed by atoms with Gasteiger partial charge in [-0.3, -0.25) is 4.99 Å². The summed E-state index contributed by atoms with van der Waals surface area (Å²) in [5.41, 5.74) is 2.16. The van der Waals surface area contributed by atoms with E-state index in [0.717, 1.165) is 42.2 Å². The van der Waals surface area contributed by atoms with Gasteiger partial charge in [0.15, 0.2) is 11.7 Å². The van der Waals surface area contributed by atoms with Crippen LogP contribution in [0.25, 0.3) is 0 Å². The molecular formula is C22H35N5O2.